The van der Waals surface area contributed by atoms with Gasteiger partial charge in [0.15, 0.2) is 0 Å². The number of likely N-dealkylation sites (N-methyl/N-ethyl adjacent to an activating group) is 1. The van der Waals surface area contributed by atoms with Crippen LogP contribution >= 0.6 is 11.3 Å². The van der Waals surface area contributed by atoms with Crippen molar-refractivity contribution >= 4 is 40.7 Å². The molecule has 3 rings (SSSR count). The molecule has 0 aliphatic rings. The minimum Gasteiger partial charge on any atom is -0.444 e. The van der Waals surface area contributed by atoms with Crippen molar-refractivity contribution in [3.63, 3.8) is 0 Å². The highest BCUT2D eigenvalue weighted by molar-refractivity contribution is 7.09. The molecule has 41 heavy (non-hydrogen) atoms. The summed E-state index contributed by atoms with van der Waals surface area (Å²) in [6, 6.07) is 13.5. The van der Waals surface area contributed by atoms with E-state index in [1.54, 1.807) is 54.8 Å². The average molecular weight is 581 g/mol. The van der Waals surface area contributed by atoms with Crippen LogP contribution in [0.2, 0.25) is 0 Å². The van der Waals surface area contributed by atoms with Gasteiger partial charge in [-0.05, 0) is 64.9 Å². The number of pyridine rings is 1. The summed E-state index contributed by atoms with van der Waals surface area (Å²) in [5, 5.41) is 11.9. The van der Waals surface area contributed by atoms with E-state index < -0.39 is 17.6 Å². The summed E-state index contributed by atoms with van der Waals surface area (Å²) in [5.41, 5.74) is 2.53. The zero-order valence-corrected chi connectivity index (χ0v) is 25.2. The van der Waals surface area contributed by atoms with Crippen LogP contribution < -0.4 is 16.0 Å². The average Bonchev–Trinajstić information content (AvgIpc) is 3.34. The standard InChI is InChI=1S/C30H40N6O4S/c1-30(2,3)40-29(39)34-26-21-41-20-25(26)33-27(37)24-14-13-23(18-32-24)19-36(17-16-35(4)5)28(38)31-15-9-12-22-10-7-6-8-11-22/h6-8,10-11,13-14,18,20-21H,9,12,15-17,19H2,1-5H3,(H,31,38)(H,33,37)(H,34,39). The second-order valence-corrected chi connectivity index (χ2v) is 11.6. The molecular weight excluding hydrogens is 540 g/mol. The van der Waals surface area contributed by atoms with Crippen LogP contribution in [0, 0.1) is 0 Å². The molecule has 3 aromatic rings. The number of anilines is 2. The Morgan fingerprint density at radius 1 is 0.927 bits per heavy atom. The number of nitrogens with one attached hydrogen (secondary N) is 3. The molecule has 3 N–H and O–H groups in total. The van der Waals surface area contributed by atoms with Crippen molar-refractivity contribution in [1.29, 1.82) is 0 Å². The highest BCUT2D eigenvalue weighted by atomic mass is 32.1. The first-order valence-electron chi connectivity index (χ1n) is 13.5. The number of nitrogens with zero attached hydrogens (tertiary/aromatic N) is 3. The highest BCUT2D eigenvalue weighted by Crippen LogP contribution is 2.27. The van der Waals surface area contributed by atoms with E-state index >= 15 is 0 Å². The van der Waals surface area contributed by atoms with Gasteiger partial charge in [-0.3, -0.25) is 15.1 Å². The summed E-state index contributed by atoms with van der Waals surface area (Å²) in [4.78, 5) is 46.1. The molecule has 1 aromatic carbocycles. The second-order valence-electron chi connectivity index (χ2n) is 10.9. The van der Waals surface area contributed by atoms with Gasteiger partial charge >= 0.3 is 12.1 Å². The lowest BCUT2D eigenvalue weighted by molar-refractivity contribution is 0.0635. The molecule has 2 heterocycles. The molecule has 4 amide bonds. The molecule has 10 nitrogen and oxygen atoms in total. The SMILES string of the molecule is CN(C)CCN(Cc1ccc(C(=O)Nc2cscc2NC(=O)OC(C)(C)C)nc1)C(=O)NCCCc1ccccc1. The first kappa shape index (κ1) is 31.6. The van der Waals surface area contributed by atoms with Gasteiger partial charge < -0.3 is 25.2 Å². The molecule has 0 atom stereocenters. The van der Waals surface area contributed by atoms with Crippen LogP contribution in [0.1, 0.15) is 48.8 Å². The lowest BCUT2D eigenvalue weighted by atomic mass is 10.1. The maximum absolute atomic E-state index is 13.0. The maximum Gasteiger partial charge on any atom is 0.412 e. The molecule has 0 unspecified atom stereocenters. The number of thiophene rings is 1. The summed E-state index contributed by atoms with van der Waals surface area (Å²) in [7, 11) is 3.93. The van der Waals surface area contributed by atoms with Gasteiger partial charge in [0.25, 0.3) is 5.91 Å². The van der Waals surface area contributed by atoms with Crippen molar-refractivity contribution in [1.82, 2.24) is 20.1 Å². The molecule has 220 valence electrons. The van der Waals surface area contributed by atoms with E-state index in [0.29, 0.717) is 37.6 Å². The number of benzene rings is 1. The first-order valence-corrected chi connectivity index (χ1v) is 14.5. The zero-order chi connectivity index (χ0) is 29.8. The number of carbonyl (C=O) groups is 3. The predicted molar refractivity (Wildman–Crippen MR) is 163 cm³/mol. The summed E-state index contributed by atoms with van der Waals surface area (Å²) >= 11 is 1.34. The van der Waals surface area contributed by atoms with Crippen LogP contribution in [-0.4, -0.2) is 72.1 Å². The van der Waals surface area contributed by atoms with Crippen molar-refractivity contribution in [2.75, 3.05) is 44.4 Å². The largest absolute Gasteiger partial charge is 0.444 e. The number of urea groups is 1. The Hall–Kier alpha value is -3.96. The van der Waals surface area contributed by atoms with Crippen LogP contribution in [0.3, 0.4) is 0 Å². The fourth-order valence-electron chi connectivity index (χ4n) is 3.78. The second kappa shape index (κ2) is 15.2. The Bertz CT molecular complexity index is 1270. The van der Waals surface area contributed by atoms with Crippen LogP contribution in [0.4, 0.5) is 21.0 Å². The van der Waals surface area contributed by atoms with Crippen molar-refractivity contribution < 1.29 is 19.1 Å². The Balaban J connectivity index is 1.56. The monoisotopic (exact) mass is 580 g/mol. The van der Waals surface area contributed by atoms with E-state index in [0.717, 1.165) is 18.4 Å². The van der Waals surface area contributed by atoms with Gasteiger partial charge in [-0.2, -0.15) is 0 Å². The lowest BCUT2D eigenvalue weighted by Crippen LogP contribution is -2.43. The molecule has 0 saturated carbocycles. The smallest absolute Gasteiger partial charge is 0.412 e. The van der Waals surface area contributed by atoms with Crippen molar-refractivity contribution in [3.05, 3.63) is 76.2 Å². The van der Waals surface area contributed by atoms with Gasteiger partial charge in [0.2, 0.25) is 0 Å². The fourth-order valence-corrected chi connectivity index (χ4v) is 4.49. The third-order valence-electron chi connectivity index (χ3n) is 5.84. The predicted octanol–water partition coefficient (Wildman–Crippen LogP) is 5.45. The number of hydrogen-bond donors (Lipinski definition) is 3. The summed E-state index contributed by atoms with van der Waals surface area (Å²) < 4.78 is 5.29. The van der Waals surface area contributed by atoms with Crippen LogP contribution in [0.15, 0.2) is 59.4 Å². The molecule has 0 spiro atoms. The number of aromatic nitrogens is 1. The Kier molecular flexibility index (Phi) is 11.7. The van der Waals surface area contributed by atoms with Gasteiger partial charge in [-0.1, -0.05) is 36.4 Å². The van der Waals surface area contributed by atoms with E-state index in [-0.39, 0.29) is 11.7 Å². The third-order valence-corrected chi connectivity index (χ3v) is 6.59. The number of ether oxygens (including phenoxy) is 1. The first-order chi connectivity index (χ1) is 19.5. The lowest BCUT2D eigenvalue weighted by Gasteiger charge is -2.25. The minimum atomic E-state index is -0.639. The van der Waals surface area contributed by atoms with Gasteiger partial charge in [0, 0.05) is 43.1 Å². The Morgan fingerprint density at radius 3 is 2.27 bits per heavy atom. The third kappa shape index (κ3) is 11.2. The molecule has 0 aliphatic carbocycles. The number of rotatable bonds is 12. The van der Waals surface area contributed by atoms with Crippen LogP contribution in [0.25, 0.3) is 0 Å². The Morgan fingerprint density at radius 2 is 1.63 bits per heavy atom. The van der Waals surface area contributed by atoms with E-state index in [1.165, 1.54) is 16.9 Å². The van der Waals surface area contributed by atoms with Gasteiger partial charge in [-0.25, -0.2) is 9.59 Å². The normalized spacial score (nSPS) is 11.2. The molecule has 2 aromatic heterocycles. The van der Waals surface area contributed by atoms with Gasteiger partial charge in [0.05, 0.1) is 11.4 Å². The van der Waals surface area contributed by atoms with Gasteiger partial charge in [0.1, 0.15) is 11.3 Å². The number of carbonyl (C=O) groups excluding carboxylic acids is 3. The van der Waals surface area contributed by atoms with Gasteiger partial charge in [-0.15, -0.1) is 11.3 Å². The summed E-state index contributed by atoms with van der Waals surface area (Å²) in [6.45, 7) is 7.54. The summed E-state index contributed by atoms with van der Waals surface area (Å²) in [6.07, 6.45) is 2.75. The molecule has 0 fully saturated rings. The number of hydrogen-bond acceptors (Lipinski definition) is 7. The zero-order valence-electron chi connectivity index (χ0n) is 24.4. The van der Waals surface area contributed by atoms with Crippen molar-refractivity contribution in [2.45, 2.75) is 45.8 Å². The number of aryl methyl sites for hydroxylation is 1. The molecule has 11 heteroatoms. The Labute approximate surface area is 246 Å². The van der Waals surface area contributed by atoms with Crippen molar-refractivity contribution in [2.24, 2.45) is 0 Å². The quantitative estimate of drug-likeness (QED) is 0.246. The summed E-state index contributed by atoms with van der Waals surface area (Å²) in [5.74, 6) is -0.414. The van der Waals surface area contributed by atoms with Crippen molar-refractivity contribution in [3.8, 4) is 0 Å². The van der Waals surface area contributed by atoms with E-state index in [1.807, 2.05) is 37.2 Å². The minimum absolute atomic E-state index is 0.135. The molecular formula is C30H40N6O4S. The molecule has 0 aliphatic heterocycles. The van der Waals surface area contributed by atoms with Crippen LogP contribution in [0.5, 0.6) is 0 Å². The van der Waals surface area contributed by atoms with E-state index in [2.05, 4.69) is 33.1 Å². The maximum atomic E-state index is 13.0. The highest BCUT2D eigenvalue weighted by Gasteiger charge is 2.19. The van der Waals surface area contributed by atoms with Crippen LogP contribution in [-0.2, 0) is 17.7 Å². The topological polar surface area (TPSA) is 116 Å². The number of amides is 4. The molecule has 0 radical (unpaired) electrons. The van der Waals surface area contributed by atoms with E-state index in [4.69, 9.17) is 4.74 Å². The fraction of sp³-hybridized carbons (Fsp3) is 0.400. The molecule has 0 saturated heterocycles. The molecule has 0 bridgehead atoms. The van der Waals surface area contributed by atoms with E-state index in [9.17, 15) is 14.4 Å².